The minimum Gasteiger partial charge on any atom is -0.495 e. The van der Waals surface area contributed by atoms with E-state index in [1.54, 1.807) is 20.2 Å². The van der Waals surface area contributed by atoms with Crippen LogP contribution in [0.5, 0.6) is 5.75 Å². The zero-order chi connectivity index (χ0) is 22.4. The summed E-state index contributed by atoms with van der Waals surface area (Å²) in [6, 6.07) is 13.5. The number of anilines is 1. The van der Waals surface area contributed by atoms with E-state index < -0.39 is 9.84 Å². The zero-order valence-electron chi connectivity index (χ0n) is 18.7. The quantitative estimate of drug-likeness (QED) is 0.505. The lowest BCUT2D eigenvalue weighted by molar-refractivity contribution is 0.414. The first-order chi connectivity index (χ1) is 14.8. The Morgan fingerprint density at radius 3 is 2.68 bits per heavy atom. The van der Waals surface area contributed by atoms with Crippen LogP contribution in [0.3, 0.4) is 0 Å². The van der Waals surface area contributed by atoms with Gasteiger partial charge in [0.25, 0.3) is 0 Å². The first-order valence-corrected chi connectivity index (χ1v) is 12.3. The van der Waals surface area contributed by atoms with Crippen molar-refractivity contribution in [2.24, 2.45) is 10.9 Å². The van der Waals surface area contributed by atoms with Gasteiger partial charge in [0, 0.05) is 39.5 Å². The van der Waals surface area contributed by atoms with Crippen LogP contribution in [-0.2, 0) is 16.4 Å². The summed E-state index contributed by atoms with van der Waals surface area (Å²) in [5, 5.41) is 6.73. The lowest BCUT2D eigenvalue weighted by Crippen LogP contribution is -2.40. The Labute approximate surface area is 185 Å². The molecule has 31 heavy (non-hydrogen) atoms. The molecular weight excluding hydrogens is 412 g/mol. The monoisotopic (exact) mass is 444 g/mol. The molecule has 3 rings (SSSR count). The van der Waals surface area contributed by atoms with Crippen LogP contribution in [0, 0.1) is 12.8 Å². The van der Waals surface area contributed by atoms with Gasteiger partial charge in [-0.25, -0.2) is 8.42 Å². The number of nitrogens with zero attached hydrogens (tertiary/aromatic N) is 2. The minimum absolute atomic E-state index is 0.375. The van der Waals surface area contributed by atoms with Crippen molar-refractivity contribution in [3.63, 3.8) is 0 Å². The number of methoxy groups -OCH3 is 1. The molecule has 2 aromatic carbocycles. The van der Waals surface area contributed by atoms with Crippen LogP contribution >= 0.6 is 0 Å². The zero-order valence-corrected chi connectivity index (χ0v) is 19.5. The van der Waals surface area contributed by atoms with E-state index >= 15 is 0 Å². The fourth-order valence-corrected chi connectivity index (χ4v) is 4.95. The van der Waals surface area contributed by atoms with Crippen molar-refractivity contribution in [2.75, 3.05) is 44.9 Å². The normalized spacial score (nSPS) is 17.0. The number of hydrogen-bond acceptors (Lipinski definition) is 5. The molecule has 1 unspecified atom stereocenters. The summed E-state index contributed by atoms with van der Waals surface area (Å²) < 4.78 is 29.1. The molecule has 2 aromatic rings. The Morgan fingerprint density at radius 1 is 1.23 bits per heavy atom. The molecule has 1 aliphatic rings. The van der Waals surface area contributed by atoms with Crippen molar-refractivity contribution < 1.29 is 13.2 Å². The summed E-state index contributed by atoms with van der Waals surface area (Å²) >= 11 is 0. The van der Waals surface area contributed by atoms with Crippen LogP contribution in [-0.4, -0.2) is 54.4 Å². The summed E-state index contributed by atoms with van der Waals surface area (Å²) in [5.74, 6) is 2.16. The van der Waals surface area contributed by atoms with Crippen LogP contribution in [0.15, 0.2) is 52.4 Å². The van der Waals surface area contributed by atoms with Crippen LogP contribution < -0.4 is 20.3 Å². The molecule has 0 saturated carbocycles. The van der Waals surface area contributed by atoms with Gasteiger partial charge < -0.3 is 20.3 Å². The molecule has 0 bridgehead atoms. The number of ether oxygens (including phenoxy) is 1. The third kappa shape index (κ3) is 5.91. The van der Waals surface area contributed by atoms with Crippen LogP contribution in [0.1, 0.15) is 17.5 Å². The molecule has 0 aromatic heterocycles. The molecule has 1 fully saturated rings. The van der Waals surface area contributed by atoms with E-state index in [2.05, 4.69) is 26.6 Å². The highest BCUT2D eigenvalue weighted by molar-refractivity contribution is 7.90. The van der Waals surface area contributed by atoms with Crippen LogP contribution in [0.2, 0.25) is 0 Å². The van der Waals surface area contributed by atoms with Gasteiger partial charge in [-0.05, 0) is 48.6 Å². The Hall–Kier alpha value is -2.74. The second-order valence-electron chi connectivity index (χ2n) is 7.95. The molecule has 0 amide bonds. The average Bonchev–Trinajstić information content (AvgIpc) is 3.21. The van der Waals surface area contributed by atoms with Crippen molar-refractivity contribution in [1.82, 2.24) is 10.6 Å². The van der Waals surface area contributed by atoms with Crippen molar-refractivity contribution in [1.29, 1.82) is 0 Å². The first kappa shape index (κ1) is 22.9. The van der Waals surface area contributed by atoms with E-state index in [4.69, 9.17) is 4.74 Å². The van der Waals surface area contributed by atoms with Crippen molar-refractivity contribution in [2.45, 2.75) is 24.8 Å². The molecule has 1 saturated heterocycles. The van der Waals surface area contributed by atoms with E-state index in [0.717, 1.165) is 54.6 Å². The predicted molar refractivity (Wildman–Crippen MR) is 126 cm³/mol. The van der Waals surface area contributed by atoms with Gasteiger partial charge in [0.15, 0.2) is 15.8 Å². The predicted octanol–water partition coefficient (Wildman–Crippen LogP) is 2.60. The molecule has 0 radical (unpaired) electrons. The van der Waals surface area contributed by atoms with E-state index in [0.29, 0.717) is 17.4 Å². The highest BCUT2D eigenvalue weighted by atomic mass is 32.2. The van der Waals surface area contributed by atoms with Crippen molar-refractivity contribution >= 4 is 21.5 Å². The third-order valence-corrected chi connectivity index (χ3v) is 6.85. The lowest BCUT2D eigenvalue weighted by atomic mass is 10.1. The Bertz CT molecular complexity index is 1040. The van der Waals surface area contributed by atoms with E-state index in [-0.39, 0.29) is 0 Å². The molecule has 1 aliphatic heterocycles. The SMILES string of the molecule is CN=C(NCc1ccc(S(C)(=O)=O)c(C)c1)NCC1CCN(c2ccccc2OC)C1. The number of guanidine groups is 1. The van der Waals surface area contributed by atoms with Gasteiger partial charge in [0.1, 0.15) is 5.75 Å². The third-order valence-electron chi connectivity index (χ3n) is 5.59. The van der Waals surface area contributed by atoms with Crippen molar-refractivity contribution in [3.05, 3.63) is 53.6 Å². The number of para-hydroxylation sites is 2. The highest BCUT2D eigenvalue weighted by Gasteiger charge is 2.24. The molecule has 168 valence electrons. The largest absolute Gasteiger partial charge is 0.495 e. The maximum absolute atomic E-state index is 11.8. The maximum atomic E-state index is 11.8. The average molecular weight is 445 g/mol. The van der Waals surface area contributed by atoms with E-state index in [1.165, 1.54) is 6.26 Å². The molecule has 2 N–H and O–H groups in total. The molecule has 0 spiro atoms. The lowest BCUT2D eigenvalue weighted by Gasteiger charge is -2.21. The smallest absolute Gasteiger partial charge is 0.191 e. The fraction of sp³-hybridized carbons (Fsp3) is 0.435. The van der Waals surface area contributed by atoms with Gasteiger partial charge in [-0.2, -0.15) is 0 Å². The Kier molecular flexibility index (Phi) is 7.43. The molecule has 7 nitrogen and oxygen atoms in total. The topological polar surface area (TPSA) is 83.0 Å². The van der Waals surface area contributed by atoms with Gasteiger partial charge in [-0.15, -0.1) is 0 Å². The second-order valence-corrected chi connectivity index (χ2v) is 9.94. The molecule has 8 heteroatoms. The van der Waals surface area contributed by atoms with Gasteiger partial charge in [0.2, 0.25) is 0 Å². The van der Waals surface area contributed by atoms with E-state index in [9.17, 15) is 8.42 Å². The summed E-state index contributed by atoms with van der Waals surface area (Å²) in [7, 11) is 0.259. The summed E-state index contributed by atoms with van der Waals surface area (Å²) in [6.45, 7) is 5.20. The number of benzene rings is 2. The van der Waals surface area contributed by atoms with Crippen LogP contribution in [0.25, 0.3) is 0 Å². The first-order valence-electron chi connectivity index (χ1n) is 10.4. The highest BCUT2D eigenvalue weighted by Crippen LogP contribution is 2.31. The van der Waals surface area contributed by atoms with Crippen molar-refractivity contribution in [3.8, 4) is 5.75 Å². The van der Waals surface area contributed by atoms with E-state index in [1.807, 2.05) is 37.3 Å². The molecule has 0 aliphatic carbocycles. The molecule has 1 atom stereocenters. The molecule has 1 heterocycles. The summed E-state index contributed by atoms with van der Waals surface area (Å²) in [5.41, 5.74) is 2.91. The Morgan fingerprint density at radius 2 is 2.00 bits per heavy atom. The summed E-state index contributed by atoms with van der Waals surface area (Å²) in [4.78, 5) is 7.06. The van der Waals surface area contributed by atoms with Gasteiger partial charge in [0.05, 0.1) is 17.7 Å². The van der Waals surface area contributed by atoms with Gasteiger partial charge >= 0.3 is 0 Å². The number of sulfone groups is 1. The fourth-order valence-electron chi connectivity index (χ4n) is 3.99. The van der Waals surface area contributed by atoms with Gasteiger partial charge in [-0.3, -0.25) is 4.99 Å². The summed E-state index contributed by atoms with van der Waals surface area (Å²) in [6.07, 6.45) is 2.34. The number of aliphatic imine (C=N–C) groups is 1. The standard InChI is InChI=1S/C23H32N4O3S/c1-17-13-18(9-10-22(17)31(4,28)29)14-25-23(24-2)26-15-19-11-12-27(16-19)20-7-5-6-8-21(20)30-3/h5-10,13,19H,11-12,14-16H2,1-4H3,(H2,24,25,26). The van der Waals surface area contributed by atoms with Gasteiger partial charge in [-0.1, -0.05) is 24.3 Å². The second kappa shape index (κ2) is 10.0. The number of hydrogen-bond donors (Lipinski definition) is 2. The number of rotatable bonds is 7. The maximum Gasteiger partial charge on any atom is 0.191 e. The Balaban J connectivity index is 1.51. The minimum atomic E-state index is -3.20. The number of nitrogens with one attached hydrogen (secondary N) is 2. The molecular formula is C23H32N4O3S. The van der Waals surface area contributed by atoms with Crippen LogP contribution in [0.4, 0.5) is 5.69 Å². The number of aryl methyl sites for hydroxylation is 1.